The van der Waals surface area contributed by atoms with Crippen molar-refractivity contribution >= 4 is 27.7 Å². The number of pyridine rings is 1. The van der Waals surface area contributed by atoms with Gasteiger partial charge in [-0.2, -0.15) is 11.8 Å². The van der Waals surface area contributed by atoms with Crippen LogP contribution in [-0.4, -0.2) is 4.98 Å². The number of rotatable bonds is 4. The first-order chi connectivity index (χ1) is 7.84. The molecule has 3 heteroatoms. The molecule has 0 saturated carbocycles. The van der Waals surface area contributed by atoms with Gasteiger partial charge in [-0.25, -0.2) is 0 Å². The monoisotopic (exact) mass is 293 g/mol. The highest BCUT2D eigenvalue weighted by molar-refractivity contribution is 9.10. The first kappa shape index (κ1) is 11.7. The van der Waals surface area contributed by atoms with Crippen LogP contribution in [-0.2, 0) is 11.5 Å². The lowest BCUT2D eigenvalue weighted by Gasteiger charge is -2.01. The van der Waals surface area contributed by atoms with Gasteiger partial charge in [-0.15, -0.1) is 0 Å². The fourth-order valence-corrected chi connectivity index (χ4v) is 2.48. The van der Waals surface area contributed by atoms with Crippen LogP contribution in [0.1, 0.15) is 11.3 Å². The zero-order chi connectivity index (χ0) is 11.2. The first-order valence-electron chi connectivity index (χ1n) is 5.07. The van der Waals surface area contributed by atoms with Gasteiger partial charge in [-0.1, -0.05) is 30.3 Å². The molecule has 2 aromatic rings. The Morgan fingerprint density at radius 2 is 1.81 bits per heavy atom. The molecule has 0 atom stereocenters. The van der Waals surface area contributed by atoms with Gasteiger partial charge in [0.15, 0.2) is 0 Å². The molecule has 0 aliphatic carbocycles. The second-order valence-electron chi connectivity index (χ2n) is 3.45. The molecule has 0 unspecified atom stereocenters. The van der Waals surface area contributed by atoms with Gasteiger partial charge in [0.2, 0.25) is 0 Å². The summed E-state index contributed by atoms with van der Waals surface area (Å²) in [6, 6.07) is 14.6. The van der Waals surface area contributed by atoms with Crippen molar-refractivity contribution in [2.24, 2.45) is 0 Å². The summed E-state index contributed by atoms with van der Waals surface area (Å²) in [5, 5.41) is 0. The van der Waals surface area contributed by atoms with E-state index in [1.807, 2.05) is 30.1 Å². The minimum absolute atomic E-state index is 0.960. The Kier molecular flexibility index (Phi) is 4.43. The number of hydrogen-bond acceptors (Lipinski definition) is 2. The molecule has 1 heterocycles. The lowest BCUT2D eigenvalue weighted by atomic mass is 10.2. The summed E-state index contributed by atoms with van der Waals surface area (Å²) in [5.41, 5.74) is 2.49. The van der Waals surface area contributed by atoms with E-state index in [4.69, 9.17) is 0 Å². The van der Waals surface area contributed by atoms with Crippen molar-refractivity contribution in [1.82, 2.24) is 4.98 Å². The smallest absolute Gasteiger partial charge is 0.0503 e. The summed E-state index contributed by atoms with van der Waals surface area (Å²) in [4.78, 5) is 4.34. The molecule has 0 bridgehead atoms. The summed E-state index contributed by atoms with van der Waals surface area (Å²) in [7, 11) is 0. The number of nitrogens with zero attached hydrogens (tertiary/aromatic N) is 1. The van der Waals surface area contributed by atoms with Crippen LogP contribution in [0.4, 0.5) is 0 Å². The normalized spacial score (nSPS) is 10.3. The molecule has 0 N–H and O–H groups in total. The van der Waals surface area contributed by atoms with E-state index in [9.17, 15) is 0 Å². The van der Waals surface area contributed by atoms with Crippen molar-refractivity contribution in [2.75, 3.05) is 0 Å². The lowest BCUT2D eigenvalue weighted by Crippen LogP contribution is -1.86. The first-order valence-corrected chi connectivity index (χ1v) is 7.01. The van der Waals surface area contributed by atoms with E-state index in [1.165, 1.54) is 5.56 Å². The van der Waals surface area contributed by atoms with E-state index in [0.717, 1.165) is 21.7 Å². The average Bonchev–Trinajstić information content (AvgIpc) is 2.33. The topological polar surface area (TPSA) is 12.9 Å². The van der Waals surface area contributed by atoms with Crippen molar-refractivity contribution < 1.29 is 0 Å². The lowest BCUT2D eigenvalue weighted by molar-refractivity contribution is 1.16. The molecule has 1 aromatic carbocycles. The Hall–Kier alpha value is -0.800. The molecule has 16 heavy (non-hydrogen) atoms. The van der Waals surface area contributed by atoms with Crippen molar-refractivity contribution in [1.29, 1.82) is 0 Å². The summed E-state index contributed by atoms with van der Waals surface area (Å²) in [6.45, 7) is 0. The van der Waals surface area contributed by atoms with Gasteiger partial charge in [0.05, 0.1) is 5.69 Å². The largest absolute Gasteiger partial charge is 0.259 e. The molecule has 0 radical (unpaired) electrons. The van der Waals surface area contributed by atoms with Gasteiger partial charge in [0, 0.05) is 22.2 Å². The average molecular weight is 294 g/mol. The molecule has 82 valence electrons. The Bertz CT molecular complexity index is 427. The highest BCUT2D eigenvalue weighted by Crippen LogP contribution is 2.17. The minimum Gasteiger partial charge on any atom is -0.259 e. The van der Waals surface area contributed by atoms with Crippen molar-refractivity contribution in [2.45, 2.75) is 11.5 Å². The Morgan fingerprint density at radius 1 is 1.00 bits per heavy atom. The van der Waals surface area contributed by atoms with Crippen LogP contribution in [0.25, 0.3) is 0 Å². The van der Waals surface area contributed by atoms with Gasteiger partial charge >= 0.3 is 0 Å². The van der Waals surface area contributed by atoms with Gasteiger partial charge in [0.25, 0.3) is 0 Å². The molecule has 1 nitrogen and oxygen atoms in total. The summed E-state index contributed by atoms with van der Waals surface area (Å²) < 4.78 is 1.03. The zero-order valence-corrected chi connectivity index (χ0v) is 11.2. The maximum atomic E-state index is 4.34. The molecule has 0 spiro atoms. The maximum absolute atomic E-state index is 4.34. The predicted molar refractivity (Wildman–Crippen MR) is 73.4 cm³/mol. The summed E-state index contributed by atoms with van der Waals surface area (Å²) in [5.74, 6) is 2.00. The molecule has 0 fully saturated rings. The fourth-order valence-electron chi connectivity index (χ4n) is 1.34. The molecule has 2 rings (SSSR count). The van der Waals surface area contributed by atoms with Crippen molar-refractivity contribution in [3.63, 3.8) is 0 Å². The molecule has 0 amide bonds. The quantitative estimate of drug-likeness (QED) is 0.835. The highest BCUT2D eigenvalue weighted by Gasteiger charge is 1.96. The third kappa shape index (κ3) is 3.65. The fraction of sp³-hybridized carbons (Fsp3) is 0.154. The van der Waals surface area contributed by atoms with E-state index in [0.29, 0.717) is 0 Å². The van der Waals surface area contributed by atoms with Crippen LogP contribution < -0.4 is 0 Å². The molecule has 0 saturated heterocycles. The third-order valence-corrected chi connectivity index (χ3v) is 3.66. The van der Waals surface area contributed by atoms with Crippen molar-refractivity contribution in [3.8, 4) is 0 Å². The molecule has 0 aliphatic heterocycles. The molecular formula is C13H12BrNS. The number of benzene rings is 1. The summed E-state index contributed by atoms with van der Waals surface area (Å²) >= 11 is 5.27. The van der Waals surface area contributed by atoms with E-state index < -0.39 is 0 Å². The Labute approximate surface area is 108 Å². The molecular weight excluding hydrogens is 282 g/mol. The Morgan fingerprint density at radius 3 is 2.50 bits per heavy atom. The predicted octanol–water partition coefficient (Wildman–Crippen LogP) is 4.28. The van der Waals surface area contributed by atoms with Gasteiger partial charge in [-0.3, -0.25) is 4.98 Å². The second kappa shape index (κ2) is 6.06. The summed E-state index contributed by atoms with van der Waals surface area (Å²) in [6.07, 6.45) is 1.85. The number of halogens is 1. The number of hydrogen-bond donors (Lipinski definition) is 0. The van der Waals surface area contributed by atoms with Crippen LogP contribution in [0, 0.1) is 0 Å². The van der Waals surface area contributed by atoms with E-state index in [-0.39, 0.29) is 0 Å². The van der Waals surface area contributed by atoms with Gasteiger partial charge in [-0.05, 0) is 33.6 Å². The number of thioether (sulfide) groups is 1. The van der Waals surface area contributed by atoms with Crippen LogP contribution in [0.2, 0.25) is 0 Å². The van der Waals surface area contributed by atoms with Crippen molar-refractivity contribution in [3.05, 3.63) is 64.4 Å². The van der Waals surface area contributed by atoms with Gasteiger partial charge in [0.1, 0.15) is 0 Å². The van der Waals surface area contributed by atoms with Crippen LogP contribution in [0.3, 0.4) is 0 Å². The zero-order valence-electron chi connectivity index (χ0n) is 8.77. The third-order valence-electron chi connectivity index (χ3n) is 2.15. The molecule has 1 aromatic heterocycles. The highest BCUT2D eigenvalue weighted by atomic mass is 79.9. The maximum Gasteiger partial charge on any atom is 0.0503 e. The van der Waals surface area contributed by atoms with E-state index in [2.05, 4.69) is 51.2 Å². The van der Waals surface area contributed by atoms with Crippen LogP contribution >= 0.6 is 27.7 Å². The molecule has 0 aliphatic rings. The van der Waals surface area contributed by atoms with Gasteiger partial charge < -0.3 is 0 Å². The SMILES string of the molecule is Brc1ccc(CSCc2ccccc2)nc1. The van der Waals surface area contributed by atoms with E-state index in [1.54, 1.807) is 0 Å². The standard InChI is InChI=1S/C13H12BrNS/c14-12-6-7-13(15-8-12)10-16-9-11-4-2-1-3-5-11/h1-8H,9-10H2. The van der Waals surface area contributed by atoms with E-state index >= 15 is 0 Å². The van der Waals surface area contributed by atoms with Crippen LogP contribution in [0.15, 0.2) is 53.1 Å². The second-order valence-corrected chi connectivity index (χ2v) is 5.35. The Balaban J connectivity index is 1.82. The minimum atomic E-state index is 0.960. The number of aromatic nitrogens is 1. The van der Waals surface area contributed by atoms with Crippen LogP contribution in [0.5, 0.6) is 0 Å².